The van der Waals surface area contributed by atoms with E-state index < -0.39 is 21.7 Å². The molecular formula is C12H17FN2O4S. The maximum atomic E-state index is 13.9. The van der Waals surface area contributed by atoms with E-state index in [0.29, 0.717) is 6.61 Å². The SMILES string of the molecule is CCOCCNC(=O)c1cc(S(N)(=O)=O)cc(C)c1F. The molecule has 0 aromatic heterocycles. The highest BCUT2D eigenvalue weighted by Gasteiger charge is 2.19. The van der Waals surface area contributed by atoms with E-state index in [4.69, 9.17) is 9.88 Å². The van der Waals surface area contributed by atoms with Crippen molar-refractivity contribution in [3.05, 3.63) is 29.1 Å². The molecule has 3 N–H and O–H groups in total. The molecule has 112 valence electrons. The molecule has 0 heterocycles. The lowest BCUT2D eigenvalue weighted by atomic mass is 10.1. The first-order chi connectivity index (χ1) is 9.27. The number of benzene rings is 1. The molecule has 0 saturated carbocycles. The standard InChI is InChI=1S/C12H17FN2O4S/c1-3-19-5-4-15-12(16)10-7-9(20(14,17)18)6-8(2)11(10)13/h6-7H,3-5H2,1-2H3,(H,15,16)(H2,14,17,18). The molecular weight excluding hydrogens is 287 g/mol. The van der Waals surface area contributed by atoms with Gasteiger partial charge in [-0.05, 0) is 31.5 Å². The highest BCUT2D eigenvalue weighted by molar-refractivity contribution is 7.89. The van der Waals surface area contributed by atoms with Crippen molar-refractivity contribution in [3.8, 4) is 0 Å². The lowest BCUT2D eigenvalue weighted by Gasteiger charge is -2.09. The molecule has 1 aromatic carbocycles. The predicted octanol–water partition coefficient (Wildman–Crippen LogP) is 0.548. The highest BCUT2D eigenvalue weighted by Crippen LogP contribution is 2.18. The Balaban J connectivity index is 2.99. The first-order valence-corrected chi connectivity index (χ1v) is 7.51. The third-order valence-corrected chi connectivity index (χ3v) is 3.43. The zero-order chi connectivity index (χ0) is 15.3. The van der Waals surface area contributed by atoms with E-state index in [1.54, 1.807) is 6.92 Å². The number of hydrogen-bond donors (Lipinski definition) is 2. The van der Waals surface area contributed by atoms with E-state index in [-0.39, 0.29) is 29.2 Å². The van der Waals surface area contributed by atoms with Gasteiger partial charge in [0.1, 0.15) is 5.82 Å². The summed E-state index contributed by atoms with van der Waals surface area (Å²) in [7, 11) is -4.00. The van der Waals surface area contributed by atoms with Crippen molar-refractivity contribution in [2.24, 2.45) is 5.14 Å². The van der Waals surface area contributed by atoms with Gasteiger partial charge in [-0.25, -0.2) is 17.9 Å². The summed E-state index contributed by atoms with van der Waals surface area (Å²) in [6.07, 6.45) is 0. The fraction of sp³-hybridized carbons (Fsp3) is 0.417. The van der Waals surface area contributed by atoms with Crippen LogP contribution < -0.4 is 10.5 Å². The smallest absolute Gasteiger partial charge is 0.254 e. The Morgan fingerprint density at radius 2 is 2.10 bits per heavy atom. The van der Waals surface area contributed by atoms with Crippen molar-refractivity contribution >= 4 is 15.9 Å². The summed E-state index contributed by atoms with van der Waals surface area (Å²) >= 11 is 0. The molecule has 0 saturated heterocycles. The number of halogens is 1. The maximum Gasteiger partial charge on any atom is 0.254 e. The summed E-state index contributed by atoms with van der Waals surface area (Å²) in [5, 5.41) is 7.42. The molecule has 0 fully saturated rings. The van der Waals surface area contributed by atoms with E-state index in [2.05, 4.69) is 5.32 Å². The Morgan fingerprint density at radius 1 is 1.45 bits per heavy atom. The molecule has 0 spiro atoms. The lowest BCUT2D eigenvalue weighted by Crippen LogP contribution is -2.28. The third kappa shape index (κ3) is 4.26. The number of carbonyl (C=O) groups excluding carboxylic acids is 1. The van der Waals surface area contributed by atoms with Gasteiger partial charge < -0.3 is 10.1 Å². The van der Waals surface area contributed by atoms with Crippen molar-refractivity contribution in [1.29, 1.82) is 0 Å². The van der Waals surface area contributed by atoms with Crippen LogP contribution in [0.15, 0.2) is 17.0 Å². The summed E-state index contributed by atoms with van der Waals surface area (Å²) in [5.41, 5.74) is -0.322. The molecule has 0 aliphatic rings. The van der Waals surface area contributed by atoms with Gasteiger partial charge in [0.2, 0.25) is 10.0 Å². The van der Waals surface area contributed by atoms with E-state index in [0.717, 1.165) is 12.1 Å². The number of aryl methyl sites for hydroxylation is 1. The number of sulfonamides is 1. The zero-order valence-corrected chi connectivity index (χ0v) is 12.1. The number of rotatable bonds is 6. The minimum atomic E-state index is -4.00. The predicted molar refractivity (Wildman–Crippen MR) is 71.3 cm³/mol. The van der Waals surface area contributed by atoms with Gasteiger partial charge in [-0.1, -0.05) is 0 Å². The molecule has 0 aliphatic carbocycles. The molecule has 1 rings (SSSR count). The Hall–Kier alpha value is -1.51. The normalized spacial score (nSPS) is 11.4. The zero-order valence-electron chi connectivity index (χ0n) is 11.3. The number of nitrogens with two attached hydrogens (primary N) is 1. The van der Waals surface area contributed by atoms with Gasteiger partial charge in [0, 0.05) is 13.2 Å². The maximum absolute atomic E-state index is 13.9. The molecule has 6 nitrogen and oxygen atoms in total. The van der Waals surface area contributed by atoms with Gasteiger partial charge in [-0.3, -0.25) is 4.79 Å². The summed E-state index contributed by atoms with van der Waals surface area (Å²) in [6.45, 7) is 4.16. The number of hydrogen-bond acceptors (Lipinski definition) is 4. The van der Waals surface area contributed by atoms with Crippen molar-refractivity contribution in [3.63, 3.8) is 0 Å². The monoisotopic (exact) mass is 304 g/mol. The van der Waals surface area contributed by atoms with Crippen LogP contribution >= 0.6 is 0 Å². The first kappa shape index (κ1) is 16.5. The fourth-order valence-electron chi connectivity index (χ4n) is 1.54. The van der Waals surface area contributed by atoms with Crippen molar-refractivity contribution < 1.29 is 22.3 Å². The number of amides is 1. The average Bonchev–Trinajstić information content (AvgIpc) is 2.36. The van der Waals surface area contributed by atoms with Crippen LogP contribution in [0.5, 0.6) is 0 Å². The second kappa shape index (κ2) is 6.78. The lowest BCUT2D eigenvalue weighted by molar-refractivity contribution is 0.0918. The first-order valence-electron chi connectivity index (χ1n) is 5.96. The topological polar surface area (TPSA) is 98.5 Å². The van der Waals surface area contributed by atoms with Crippen LogP contribution in [0.4, 0.5) is 4.39 Å². The van der Waals surface area contributed by atoms with Crippen LogP contribution in [0.2, 0.25) is 0 Å². The number of primary sulfonamides is 1. The minimum absolute atomic E-state index is 0.0338. The largest absolute Gasteiger partial charge is 0.380 e. The average molecular weight is 304 g/mol. The van der Waals surface area contributed by atoms with Crippen LogP contribution in [0, 0.1) is 12.7 Å². The van der Waals surface area contributed by atoms with Gasteiger partial charge in [0.25, 0.3) is 5.91 Å². The van der Waals surface area contributed by atoms with Gasteiger partial charge in [-0.15, -0.1) is 0 Å². The highest BCUT2D eigenvalue weighted by atomic mass is 32.2. The summed E-state index contributed by atoms with van der Waals surface area (Å²) in [4.78, 5) is 11.5. The summed E-state index contributed by atoms with van der Waals surface area (Å²) < 4.78 is 41.4. The molecule has 1 amide bonds. The van der Waals surface area contributed by atoms with Gasteiger partial charge in [-0.2, -0.15) is 0 Å². The Labute approximate surface area is 117 Å². The number of carbonyl (C=O) groups is 1. The molecule has 1 aromatic rings. The Bertz CT molecular complexity index is 602. The fourth-order valence-corrected chi connectivity index (χ4v) is 2.17. The molecule has 0 aliphatic heterocycles. The van der Waals surface area contributed by atoms with Gasteiger partial charge in [0.15, 0.2) is 0 Å². The second-order valence-electron chi connectivity index (χ2n) is 4.10. The van der Waals surface area contributed by atoms with E-state index in [9.17, 15) is 17.6 Å². The van der Waals surface area contributed by atoms with Crippen LogP contribution in [0.1, 0.15) is 22.8 Å². The van der Waals surface area contributed by atoms with Crippen LogP contribution in [0.25, 0.3) is 0 Å². The van der Waals surface area contributed by atoms with E-state index in [1.807, 2.05) is 0 Å². The van der Waals surface area contributed by atoms with Gasteiger partial charge in [0.05, 0.1) is 17.1 Å². The molecule has 0 bridgehead atoms. The second-order valence-corrected chi connectivity index (χ2v) is 5.66. The van der Waals surface area contributed by atoms with Crippen LogP contribution in [-0.2, 0) is 14.8 Å². The molecule has 0 unspecified atom stereocenters. The van der Waals surface area contributed by atoms with Crippen molar-refractivity contribution in [2.75, 3.05) is 19.8 Å². The molecule has 20 heavy (non-hydrogen) atoms. The molecule has 8 heteroatoms. The van der Waals surface area contributed by atoms with Gasteiger partial charge >= 0.3 is 0 Å². The molecule has 0 atom stereocenters. The third-order valence-electron chi connectivity index (χ3n) is 2.54. The molecule has 0 radical (unpaired) electrons. The summed E-state index contributed by atoms with van der Waals surface area (Å²) in [5.74, 6) is -1.48. The summed E-state index contributed by atoms with van der Waals surface area (Å²) in [6, 6.07) is 2.01. The number of ether oxygens (including phenoxy) is 1. The minimum Gasteiger partial charge on any atom is -0.380 e. The van der Waals surface area contributed by atoms with E-state index in [1.165, 1.54) is 6.92 Å². The van der Waals surface area contributed by atoms with Crippen LogP contribution in [0.3, 0.4) is 0 Å². The quantitative estimate of drug-likeness (QED) is 0.750. The van der Waals surface area contributed by atoms with E-state index >= 15 is 0 Å². The van der Waals surface area contributed by atoms with Crippen molar-refractivity contribution in [2.45, 2.75) is 18.7 Å². The van der Waals surface area contributed by atoms with Crippen molar-refractivity contribution in [1.82, 2.24) is 5.32 Å². The van der Waals surface area contributed by atoms with Crippen LogP contribution in [-0.4, -0.2) is 34.1 Å². The Morgan fingerprint density at radius 3 is 2.65 bits per heavy atom. The number of nitrogens with one attached hydrogen (secondary N) is 1. The Kier molecular flexibility index (Phi) is 5.61.